The van der Waals surface area contributed by atoms with Gasteiger partial charge in [-0.2, -0.15) is 0 Å². The minimum Gasteiger partial charge on any atom is -0.347 e. The molecule has 0 radical (unpaired) electrons. The average Bonchev–Trinajstić information content (AvgIpc) is 3.45. The molecule has 160 valence electrons. The molecule has 0 amide bonds. The first-order valence-corrected chi connectivity index (χ1v) is 11.9. The zero-order chi connectivity index (χ0) is 21.7. The molecule has 5 nitrogen and oxygen atoms in total. The molecule has 0 saturated heterocycles. The molecule has 2 aromatic heterocycles. The highest BCUT2D eigenvalue weighted by Crippen LogP contribution is 2.33. The summed E-state index contributed by atoms with van der Waals surface area (Å²) in [6, 6.07) is 7.06. The Morgan fingerprint density at radius 2 is 2.00 bits per heavy atom. The van der Waals surface area contributed by atoms with Gasteiger partial charge in [0.15, 0.2) is 0 Å². The van der Waals surface area contributed by atoms with Crippen molar-refractivity contribution in [1.82, 2.24) is 14.3 Å². The highest BCUT2D eigenvalue weighted by Gasteiger charge is 2.35. The lowest BCUT2D eigenvalue weighted by Gasteiger charge is -2.20. The van der Waals surface area contributed by atoms with Gasteiger partial charge in [0.05, 0.1) is 22.2 Å². The maximum absolute atomic E-state index is 13.4. The van der Waals surface area contributed by atoms with Crippen molar-refractivity contribution in [1.29, 1.82) is 0 Å². The summed E-state index contributed by atoms with van der Waals surface area (Å²) in [5.41, 5.74) is 3.21. The smallest absolute Gasteiger partial charge is 0.214 e. The lowest BCUT2D eigenvalue weighted by atomic mass is 9.97. The van der Waals surface area contributed by atoms with Gasteiger partial charge in [0, 0.05) is 35.8 Å². The fourth-order valence-corrected chi connectivity index (χ4v) is 5.21. The summed E-state index contributed by atoms with van der Waals surface area (Å²) in [7, 11) is -3.26. The quantitative estimate of drug-likeness (QED) is 0.567. The van der Waals surface area contributed by atoms with Crippen LogP contribution in [-0.2, 0) is 23.1 Å². The van der Waals surface area contributed by atoms with Crippen molar-refractivity contribution >= 4 is 32.5 Å². The van der Waals surface area contributed by atoms with Crippen LogP contribution in [0.1, 0.15) is 39.2 Å². The van der Waals surface area contributed by atoms with Gasteiger partial charge >= 0.3 is 0 Å². The number of rotatable bonds is 6. The summed E-state index contributed by atoms with van der Waals surface area (Å²) >= 11 is 6.22. The topological polar surface area (TPSA) is 64.0 Å². The highest BCUT2D eigenvalue weighted by atomic mass is 35.5. The van der Waals surface area contributed by atoms with E-state index in [9.17, 15) is 12.8 Å². The van der Waals surface area contributed by atoms with E-state index in [1.54, 1.807) is 0 Å². The van der Waals surface area contributed by atoms with Crippen LogP contribution in [0, 0.1) is 11.2 Å². The number of aromatic nitrogens is 2. The van der Waals surface area contributed by atoms with E-state index in [0.717, 1.165) is 47.6 Å². The predicted molar refractivity (Wildman–Crippen MR) is 118 cm³/mol. The molecule has 3 aromatic rings. The van der Waals surface area contributed by atoms with Crippen LogP contribution in [0.25, 0.3) is 22.2 Å². The molecule has 1 aromatic carbocycles. The van der Waals surface area contributed by atoms with E-state index in [4.69, 9.17) is 11.6 Å². The van der Waals surface area contributed by atoms with Crippen LogP contribution in [0.3, 0.4) is 0 Å². The Labute approximate surface area is 181 Å². The summed E-state index contributed by atoms with van der Waals surface area (Å²) < 4.78 is 42.8. The van der Waals surface area contributed by atoms with Gasteiger partial charge in [0.1, 0.15) is 5.82 Å². The molecular formula is C22H25ClFN3O2S. The third kappa shape index (κ3) is 4.53. The first kappa shape index (κ1) is 21.3. The SMILES string of the molecule is CC(C)(C)Cn1cc(CNS(=O)(=O)C2CC2)c2ccc(-c3ncc(F)cc3Cl)cc21. The van der Waals surface area contributed by atoms with E-state index in [1.807, 2.05) is 24.4 Å². The minimum absolute atomic E-state index is 0.0263. The van der Waals surface area contributed by atoms with Gasteiger partial charge in [0.2, 0.25) is 10.0 Å². The van der Waals surface area contributed by atoms with Gasteiger partial charge in [-0.3, -0.25) is 4.98 Å². The molecule has 0 bridgehead atoms. The zero-order valence-corrected chi connectivity index (χ0v) is 18.8. The van der Waals surface area contributed by atoms with E-state index in [1.165, 1.54) is 6.07 Å². The van der Waals surface area contributed by atoms with Crippen molar-refractivity contribution in [2.24, 2.45) is 5.41 Å². The van der Waals surface area contributed by atoms with Crippen molar-refractivity contribution in [2.75, 3.05) is 0 Å². The van der Waals surface area contributed by atoms with Crippen LogP contribution in [-0.4, -0.2) is 23.2 Å². The number of pyridine rings is 1. The first-order valence-electron chi connectivity index (χ1n) is 9.95. The van der Waals surface area contributed by atoms with E-state index < -0.39 is 15.8 Å². The monoisotopic (exact) mass is 449 g/mol. The number of nitrogens with zero attached hydrogens (tertiary/aromatic N) is 2. The highest BCUT2D eigenvalue weighted by molar-refractivity contribution is 7.90. The van der Waals surface area contributed by atoms with Gasteiger partial charge < -0.3 is 4.57 Å². The molecule has 0 unspecified atom stereocenters. The van der Waals surface area contributed by atoms with E-state index in [2.05, 4.69) is 35.0 Å². The van der Waals surface area contributed by atoms with Crippen molar-refractivity contribution in [3.05, 3.63) is 53.1 Å². The summed E-state index contributed by atoms with van der Waals surface area (Å²) in [5.74, 6) is -0.480. The third-order valence-corrected chi connectivity index (χ3v) is 7.30. The summed E-state index contributed by atoms with van der Waals surface area (Å²) in [6.45, 7) is 7.46. The van der Waals surface area contributed by atoms with Crippen LogP contribution < -0.4 is 4.72 Å². The number of benzene rings is 1. The van der Waals surface area contributed by atoms with Gasteiger partial charge in [-0.05, 0) is 36.0 Å². The predicted octanol–water partition coefficient (Wildman–Crippen LogP) is 5.12. The molecule has 0 aliphatic heterocycles. The fraction of sp³-hybridized carbons (Fsp3) is 0.409. The van der Waals surface area contributed by atoms with Crippen LogP contribution >= 0.6 is 11.6 Å². The molecule has 30 heavy (non-hydrogen) atoms. The Morgan fingerprint density at radius 1 is 1.27 bits per heavy atom. The second kappa shape index (κ2) is 7.62. The van der Waals surface area contributed by atoms with E-state index in [-0.39, 0.29) is 22.2 Å². The standard InChI is InChI=1S/C22H25ClFN3O2S/c1-22(2,3)13-27-12-15(10-26-30(28,29)17-5-6-17)18-7-4-14(8-20(18)27)21-19(23)9-16(24)11-25-21/h4,7-9,11-12,17,26H,5-6,10,13H2,1-3H3. The number of halogens is 2. The number of nitrogens with one attached hydrogen (secondary N) is 1. The third-order valence-electron chi connectivity index (χ3n) is 5.12. The van der Waals surface area contributed by atoms with Gasteiger partial charge in [-0.25, -0.2) is 17.5 Å². The Kier molecular flexibility index (Phi) is 5.41. The van der Waals surface area contributed by atoms with Gasteiger partial charge in [-0.15, -0.1) is 0 Å². The Morgan fingerprint density at radius 3 is 2.63 bits per heavy atom. The number of hydrogen-bond acceptors (Lipinski definition) is 3. The molecule has 0 atom stereocenters. The van der Waals surface area contributed by atoms with Gasteiger partial charge in [0.25, 0.3) is 0 Å². The van der Waals surface area contributed by atoms with Crippen LogP contribution in [0.4, 0.5) is 4.39 Å². The molecule has 1 aliphatic rings. The molecule has 1 N–H and O–H groups in total. The van der Waals surface area contributed by atoms with Crippen molar-refractivity contribution in [2.45, 2.75) is 52.0 Å². The molecule has 1 saturated carbocycles. The molecule has 2 heterocycles. The lowest BCUT2D eigenvalue weighted by Crippen LogP contribution is -2.26. The van der Waals surface area contributed by atoms with Crippen molar-refractivity contribution in [3.8, 4) is 11.3 Å². The maximum atomic E-state index is 13.4. The van der Waals surface area contributed by atoms with Crippen molar-refractivity contribution in [3.63, 3.8) is 0 Å². The fourth-order valence-electron chi connectivity index (χ4n) is 3.60. The van der Waals surface area contributed by atoms with Gasteiger partial charge in [-0.1, -0.05) is 44.5 Å². The molecule has 0 spiro atoms. The lowest BCUT2D eigenvalue weighted by molar-refractivity contribution is 0.349. The van der Waals surface area contributed by atoms with E-state index >= 15 is 0 Å². The largest absolute Gasteiger partial charge is 0.347 e. The molecular weight excluding hydrogens is 425 g/mol. The zero-order valence-electron chi connectivity index (χ0n) is 17.2. The van der Waals surface area contributed by atoms with Crippen molar-refractivity contribution < 1.29 is 12.8 Å². The number of sulfonamides is 1. The van der Waals surface area contributed by atoms with Crippen LogP contribution in [0.2, 0.25) is 5.02 Å². The minimum atomic E-state index is -3.26. The Bertz CT molecular complexity index is 1210. The number of hydrogen-bond donors (Lipinski definition) is 1. The second-order valence-electron chi connectivity index (χ2n) is 9.12. The maximum Gasteiger partial charge on any atom is 0.214 e. The molecule has 4 rings (SSSR count). The second-order valence-corrected chi connectivity index (χ2v) is 11.6. The Balaban J connectivity index is 1.76. The van der Waals surface area contributed by atoms with Crippen LogP contribution in [0.5, 0.6) is 0 Å². The first-order chi connectivity index (χ1) is 14.0. The van der Waals surface area contributed by atoms with Crippen LogP contribution in [0.15, 0.2) is 36.7 Å². The summed E-state index contributed by atoms with van der Waals surface area (Å²) in [6.07, 6.45) is 4.62. The normalized spacial score (nSPS) is 15.1. The summed E-state index contributed by atoms with van der Waals surface area (Å²) in [4.78, 5) is 4.15. The summed E-state index contributed by atoms with van der Waals surface area (Å²) in [5, 5.41) is 0.971. The molecule has 1 aliphatic carbocycles. The number of fused-ring (bicyclic) bond motifs is 1. The Hall–Kier alpha value is -1.96. The molecule has 8 heteroatoms. The van der Waals surface area contributed by atoms with E-state index in [0.29, 0.717) is 5.69 Å². The molecule has 1 fully saturated rings. The average molecular weight is 450 g/mol.